The molecule has 0 saturated heterocycles. The van der Waals surface area contributed by atoms with Crippen LogP contribution in [0.3, 0.4) is 0 Å². The van der Waals surface area contributed by atoms with Gasteiger partial charge < -0.3 is 10.1 Å². The maximum Gasteiger partial charge on any atom is 0.338 e. The number of ether oxygens (including phenoxy) is 1. The Bertz CT molecular complexity index is 863. The number of carbonyl (C=O) groups excluding carboxylic acids is 2. The van der Waals surface area contributed by atoms with Crippen molar-refractivity contribution in [1.82, 2.24) is 5.32 Å². The van der Waals surface area contributed by atoms with Crippen molar-refractivity contribution in [3.05, 3.63) is 75.3 Å². The third-order valence-electron chi connectivity index (χ3n) is 4.65. The van der Waals surface area contributed by atoms with Gasteiger partial charge in [0.1, 0.15) is 0 Å². The number of amides is 1. The molecule has 1 N–H and O–H groups in total. The van der Waals surface area contributed by atoms with E-state index in [0.717, 1.165) is 24.8 Å². The summed E-state index contributed by atoms with van der Waals surface area (Å²) in [6, 6.07) is 13.0. The van der Waals surface area contributed by atoms with Gasteiger partial charge >= 0.3 is 5.97 Å². The number of hydrogen-bond donors (Lipinski definition) is 1. The van der Waals surface area contributed by atoms with Gasteiger partial charge in [0.05, 0.1) is 16.5 Å². The number of benzene rings is 2. The summed E-state index contributed by atoms with van der Waals surface area (Å²) < 4.78 is 5.21. The average molecular weight is 368 g/mol. The minimum absolute atomic E-state index is 0.0945. The highest BCUT2D eigenvalue weighted by molar-refractivity contribution is 5.92. The van der Waals surface area contributed by atoms with Gasteiger partial charge in [0, 0.05) is 12.1 Å². The molecule has 0 bridgehead atoms. The largest absolute Gasteiger partial charge is 0.449 e. The minimum atomic E-state index is -0.971. The second-order valence-electron chi connectivity index (χ2n) is 6.50. The fourth-order valence-electron chi connectivity index (χ4n) is 3.19. The zero-order valence-corrected chi connectivity index (χ0v) is 14.9. The SMILES string of the molecule is C[C@H](OC(=O)c1ccc([N+](=O)[O-])cc1)C(=O)N[C@@H]1CCCc2ccccc21. The van der Waals surface area contributed by atoms with Crippen molar-refractivity contribution >= 4 is 17.6 Å². The van der Waals surface area contributed by atoms with Crippen molar-refractivity contribution in [2.45, 2.75) is 38.3 Å². The van der Waals surface area contributed by atoms with Crippen LogP contribution in [0.15, 0.2) is 48.5 Å². The molecule has 0 radical (unpaired) electrons. The second-order valence-corrected chi connectivity index (χ2v) is 6.50. The molecule has 1 aliphatic carbocycles. The summed E-state index contributed by atoms with van der Waals surface area (Å²) in [6.45, 7) is 1.51. The fraction of sp³-hybridized carbons (Fsp3) is 0.300. The molecule has 7 nitrogen and oxygen atoms in total. The van der Waals surface area contributed by atoms with Gasteiger partial charge in [-0.15, -0.1) is 0 Å². The standard InChI is InChI=1S/C20H20N2O5/c1-13(27-20(24)15-9-11-16(12-10-15)22(25)26)19(23)21-18-8-4-6-14-5-2-3-7-17(14)18/h2-3,5,7,9-13,18H,4,6,8H2,1H3,(H,21,23)/t13-,18+/m0/s1. The molecular weight excluding hydrogens is 348 g/mol. The molecular formula is C20H20N2O5. The zero-order chi connectivity index (χ0) is 19.4. The predicted molar refractivity (Wildman–Crippen MR) is 98.2 cm³/mol. The number of non-ortho nitro benzene ring substituents is 1. The van der Waals surface area contributed by atoms with Gasteiger partial charge in [-0.25, -0.2) is 4.79 Å². The van der Waals surface area contributed by atoms with Gasteiger partial charge in [0.2, 0.25) is 0 Å². The summed E-state index contributed by atoms with van der Waals surface area (Å²) in [5.41, 5.74) is 2.37. The Morgan fingerprint density at radius 1 is 1.19 bits per heavy atom. The van der Waals surface area contributed by atoms with Crippen molar-refractivity contribution in [2.75, 3.05) is 0 Å². The van der Waals surface area contributed by atoms with Gasteiger partial charge in [-0.3, -0.25) is 14.9 Å². The van der Waals surface area contributed by atoms with E-state index in [2.05, 4.69) is 11.4 Å². The Hall–Kier alpha value is -3.22. The number of rotatable bonds is 5. The molecule has 0 saturated carbocycles. The molecule has 7 heteroatoms. The smallest absolute Gasteiger partial charge is 0.338 e. The summed E-state index contributed by atoms with van der Waals surface area (Å²) in [5.74, 6) is -1.07. The number of nitrogens with one attached hydrogen (secondary N) is 1. The van der Waals surface area contributed by atoms with Gasteiger partial charge in [0.15, 0.2) is 6.10 Å². The molecule has 0 heterocycles. The van der Waals surface area contributed by atoms with Crippen LogP contribution in [0.2, 0.25) is 0 Å². The topological polar surface area (TPSA) is 98.5 Å². The maximum absolute atomic E-state index is 12.5. The van der Waals surface area contributed by atoms with Gasteiger partial charge in [0.25, 0.3) is 11.6 Å². The van der Waals surface area contributed by atoms with Crippen molar-refractivity contribution in [2.24, 2.45) is 0 Å². The van der Waals surface area contributed by atoms with Gasteiger partial charge in [-0.1, -0.05) is 24.3 Å². The first kappa shape index (κ1) is 18.6. The van der Waals surface area contributed by atoms with E-state index in [4.69, 9.17) is 4.74 Å². The van der Waals surface area contributed by atoms with Crippen LogP contribution in [0, 0.1) is 10.1 Å². The van der Waals surface area contributed by atoms with E-state index >= 15 is 0 Å². The summed E-state index contributed by atoms with van der Waals surface area (Å²) >= 11 is 0. The Kier molecular flexibility index (Phi) is 5.49. The third-order valence-corrected chi connectivity index (χ3v) is 4.65. The van der Waals surface area contributed by atoms with Gasteiger partial charge in [-0.05, 0) is 49.4 Å². The lowest BCUT2D eigenvalue weighted by Crippen LogP contribution is -2.39. The molecule has 0 aliphatic heterocycles. The monoisotopic (exact) mass is 368 g/mol. The van der Waals surface area contributed by atoms with Crippen molar-refractivity contribution in [3.8, 4) is 0 Å². The second kappa shape index (κ2) is 7.99. The van der Waals surface area contributed by atoms with E-state index in [9.17, 15) is 19.7 Å². The lowest BCUT2D eigenvalue weighted by molar-refractivity contribution is -0.384. The van der Waals surface area contributed by atoms with E-state index in [1.807, 2.05) is 18.2 Å². The number of nitro groups is 1. The molecule has 0 unspecified atom stereocenters. The quantitative estimate of drug-likeness (QED) is 0.496. The van der Waals surface area contributed by atoms with E-state index in [1.165, 1.54) is 36.8 Å². The first-order valence-electron chi connectivity index (χ1n) is 8.79. The molecule has 1 aliphatic rings. The average Bonchev–Trinajstić information content (AvgIpc) is 2.68. The van der Waals surface area contributed by atoms with Gasteiger partial charge in [-0.2, -0.15) is 0 Å². The molecule has 27 heavy (non-hydrogen) atoms. The molecule has 2 aromatic carbocycles. The van der Waals surface area contributed by atoms with Crippen LogP contribution in [0.25, 0.3) is 0 Å². The Labute approximate surface area is 156 Å². The number of esters is 1. The summed E-state index contributed by atoms with van der Waals surface area (Å²) in [4.78, 5) is 34.7. The molecule has 2 aromatic rings. The normalized spacial score (nSPS) is 16.7. The van der Waals surface area contributed by atoms with E-state index < -0.39 is 17.0 Å². The molecule has 2 atom stereocenters. The van der Waals surface area contributed by atoms with E-state index in [-0.39, 0.29) is 23.2 Å². The molecule has 0 aromatic heterocycles. The van der Waals surface area contributed by atoms with E-state index in [0.29, 0.717) is 0 Å². The van der Waals surface area contributed by atoms with Crippen LogP contribution in [0.1, 0.15) is 47.3 Å². The Morgan fingerprint density at radius 3 is 2.59 bits per heavy atom. The van der Waals surface area contributed by atoms with Crippen LogP contribution < -0.4 is 5.32 Å². The number of fused-ring (bicyclic) bond motifs is 1. The van der Waals surface area contributed by atoms with Crippen molar-refractivity contribution < 1.29 is 19.2 Å². The highest BCUT2D eigenvalue weighted by atomic mass is 16.6. The first-order chi connectivity index (χ1) is 13.0. The number of carbonyl (C=O) groups is 2. The van der Waals surface area contributed by atoms with Crippen molar-refractivity contribution in [3.63, 3.8) is 0 Å². The summed E-state index contributed by atoms with van der Waals surface area (Å²) in [6.07, 6.45) is 1.85. The van der Waals surface area contributed by atoms with E-state index in [1.54, 1.807) is 0 Å². The predicted octanol–water partition coefficient (Wildman–Crippen LogP) is 3.33. The molecule has 0 spiro atoms. The molecule has 0 fully saturated rings. The highest BCUT2D eigenvalue weighted by Gasteiger charge is 2.25. The number of nitrogens with zero attached hydrogens (tertiary/aromatic N) is 1. The lowest BCUT2D eigenvalue weighted by atomic mass is 9.87. The molecule has 140 valence electrons. The summed E-state index contributed by atoms with van der Waals surface area (Å²) in [5, 5.41) is 13.6. The van der Waals surface area contributed by atoms with Crippen LogP contribution in [0.4, 0.5) is 5.69 Å². The Balaban J connectivity index is 1.61. The maximum atomic E-state index is 12.5. The lowest BCUT2D eigenvalue weighted by Gasteiger charge is -2.27. The Morgan fingerprint density at radius 2 is 1.89 bits per heavy atom. The fourth-order valence-corrected chi connectivity index (χ4v) is 3.19. The number of hydrogen-bond acceptors (Lipinski definition) is 5. The van der Waals surface area contributed by atoms with Crippen LogP contribution in [-0.2, 0) is 16.0 Å². The minimum Gasteiger partial charge on any atom is -0.449 e. The zero-order valence-electron chi connectivity index (χ0n) is 14.9. The van der Waals surface area contributed by atoms with Crippen LogP contribution in [0.5, 0.6) is 0 Å². The van der Waals surface area contributed by atoms with Crippen LogP contribution in [-0.4, -0.2) is 22.9 Å². The third kappa shape index (κ3) is 4.31. The highest BCUT2D eigenvalue weighted by Crippen LogP contribution is 2.29. The summed E-state index contributed by atoms with van der Waals surface area (Å²) in [7, 11) is 0. The first-order valence-corrected chi connectivity index (χ1v) is 8.79. The van der Waals surface area contributed by atoms with Crippen molar-refractivity contribution in [1.29, 1.82) is 0 Å². The number of aryl methyl sites for hydroxylation is 1. The van der Waals surface area contributed by atoms with Crippen LogP contribution >= 0.6 is 0 Å². The number of nitro benzene ring substituents is 1. The molecule has 3 rings (SSSR count). The molecule has 1 amide bonds.